The molecule has 2 amide bonds. The van der Waals surface area contributed by atoms with Crippen LogP contribution < -0.4 is 20.5 Å². The molecule has 1 saturated heterocycles. The maximum Gasteiger partial charge on any atom is 0.239 e. The first-order valence-corrected chi connectivity index (χ1v) is 12.7. The molecule has 3 aromatic carbocycles. The standard InChI is InChI=1S/C30H35N3O4/c1-36-25-15-11-23(12-16-25)27(28(34)32-24-13-17-26(37-2)18-14-24)30(29(31)35)19-7-21-33(30)20-6-10-22-8-4-3-5-9-22/h3-5,8-9,11-18,27H,6-7,10,19-21H2,1-2H3,(H2,31,35)(H,32,34)/t27-,30?/m1/s1. The predicted octanol–water partition coefficient (Wildman–Crippen LogP) is 4.38. The second-order valence-corrected chi connectivity index (χ2v) is 9.39. The topological polar surface area (TPSA) is 93.9 Å². The number of methoxy groups -OCH3 is 2. The number of carbonyl (C=O) groups is 2. The molecule has 3 aromatic rings. The van der Waals surface area contributed by atoms with Crippen molar-refractivity contribution in [3.63, 3.8) is 0 Å². The molecule has 37 heavy (non-hydrogen) atoms. The fourth-order valence-corrected chi connectivity index (χ4v) is 5.40. The molecule has 7 heteroatoms. The van der Waals surface area contributed by atoms with E-state index in [9.17, 15) is 9.59 Å². The number of benzene rings is 3. The number of nitrogens with one attached hydrogen (secondary N) is 1. The number of carbonyl (C=O) groups excluding carboxylic acids is 2. The summed E-state index contributed by atoms with van der Waals surface area (Å²) in [4.78, 5) is 29.4. The van der Waals surface area contributed by atoms with Crippen LogP contribution in [0, 0.1) is 0 Å². The number of primary amides is 1. The van der Waals surface area contributed by atoms with Gasteiger partial charge in [-0.1, -0.05) is 42.5 Å². The zero-order chi connectivity index (χ0) is 26.3. The van der Waals surface area contributed by atoms with Crippen molar-refractivity contribution in [3.05, 3.63) is 90.0 Å². The van der Waals surface area contributed by atoms with Crippen molar-refractivity contribution < 1.29 is 19.1 Å². The van der Waals surface area contributed by atoms with Gasteiger partial charge in [0.2, 0.25) is 11.8 Å². The Kier molecular flexibility index (Phi) is 8.46. The van der Waals surface area contributed by atoms with Gasteiger partial charge in [-0.2, -0.15) is 0 Å². The molecule has 2 atom stereocenters. The zero-order valence-corrected chi connectivity index (χ0v) is 21.5. The summed E-state index contributed by atoms with van der Waals surface area (Å²) in [6, 6.07) is 24.7. The molecular formula is C30H35N3O4. The summed E-state index contributed by atoms with van der Waals surface area (Å²) in [7, 11) is 3.19. The highest BCUT2D eigenvalue weighted by molar-refractivity contribution is 6.02. The first-order chi connectivity index (χ1) is 18.0. The van der Waals surface area contributed by atoms with Gasteiger partial charge in [-0.15, -0.1) is 0 Å². The Balaban J connectivity index is 1.66. The number of hydrogen-bond acceptors (Lipinski definition) is 5. The van der Waals surface area contributed by atoms with E-state index in [1.807, 2.05) is 42.5 Å². The van der Waals surface area contributed by atoms with Crippen LogP contribution in [0.5, 0.6) is 11.5 Å². The third-order valence-electron chi connectivity index (χ3n) is 7.26. The molecule has 0 bridgehead atoms. The SMILES string of the molecule is COc1ccc(NC(=O)[C@@H](c2ccc(OC)cc2)C2(C(N)=O)CCCN2CCCc2ccccc2)cc1. The summed E-state index contributed by atoms with van der Waals surface area (Å²) in [6.45, 7) is 1.38. The predicted molar refractivity (Wildman–Crippen MR) is 145 cm³/mol. The van der Waals surface area contributed by atoms with Gasteiger partial charge in [0.1, 0.15) is 17.0 Å². The van der Waals surface area contributed by atoms with Gasteiger partial charge < -0.3 is 20.5 Å². The molecule has 1 unspecified atom stereocenters. The minimum absolute atomic E-state index is 0.274. The molecule has 3 N–H and O–H groups in total. The van der Waals surface area contributed by atoms with Crippen molar-refractivity contribution in [1.29, 1.82) is 0 Å². The Bertz CT molecular complexity index is 1180. The maximum atomic E-state index is 14.0. The van der Waals surface area contributed by atoms with Gasteiger partial charge in [-0.3, -0.25) is 14.5 Å². The second-order valence-electron chi connectivity index (χ2n) is 9.39. The van der Waals surface area contributed by atoms with Crippen molar-refractivity contribution in [3.8, 4) is 11.5 Å². The van der Waals surface area contributed by atoms with Crippen LogP contribution in [0.25, 0.3) is 0 Å². The van der Waals surface area contributed by atoms with Gasteiger partial charge in [0.15, 0.2) is 0 Å². The van der Waals surface area contributed by atoms with Crippen LogP contribution in [-0.2, 0) is 16.0 Å². The van der Waals surface area contributed by atoms with Gasteiger partial charge in [0.25, 0.3) is 0 Å². The van der Waals surface area contributed by atoms with E-state index in [0.29, 0.717) is 36.7 Å². The van der Waals surface area contributed by atoms with E-state index in [4.69, 9.17) is 15.2 Å². The number of likely N-dealkylation sites (tertiary alicyclic amines) is 1. The fourth-order valence-electron chi connectivity index (χ4n) is 5.40. The Morgan fingerprint density at radius 2 is 1.57 bits per heavy atom. The molecular weight excluding hydrogens is 466 g/mol. The first-order valence-electron chi connectivity index (χ1n) is 12.7. The molecule has 0 saturated carbocycles. The van der Waals surface area contributed by atoms with Crippen LogP contribution in [0.15, 0.2) is 78.9 Å². The number of rotatable bonds is 11. The van der Waals surface area contributed by atoms with Gasteiger partial charge in [0, 0.05) is 5.69 Å². The van der Waals surface area contributed by atoms with Gasteiger partial charge in [-0.25, -0.2) is 0 Å². The Hall–Kier alpha value is -3.84. The summed E-state index contributed by atoms with van der Waals surface area (Å²) in [6.07, 6.45) is 3.04. The summed E-state index contributed by atoms with van der Waals surface area (Å²) < 4.78 is 10.6. The van der Waals surface area contributed by atoms with E-state index < -0.39 is 17.4 Å². The summed E-state index contributed by atoms with van der Waals surface area (Å²) in [5.41, 5.74) is 7.62. The van der Waals surface area contributed by atoms with Crippen molar-refractivity contribution in [2.24, 2.45) is 5.73 Å². The van der Waals surface area contributed by atoms with E-state index >= 15 is 0 Å². The van der Waals surface area contributed by atoms with E-state index in [1.54, 1.807) is 38.5 Å². The van der Waals surface area contributed by atoms with Gasteiger partial charge >= 0.3 is 0 Å². The zero-order valence-electron chi connectivity index (χ0n) is 21.5. The third-order valence-corrected chi connectivity index (χ3v) is 7.26. The maximum absolute atomic E-state index is 14.0. The lowest BCUT2D eigenvalue weighted by atomic mass is 9.75. The minimum Gasteiger partial charge on any atom is -0.497 e. The molecule has 1 fully saturated rings. The number of amides is 2. The van der Waals surface area contributed by atoms with Crippen molar-refractivity contribution >= 4 is 17.5 Å². The monoisotopic (exact) mass is 501 g/mol. The molecule has 4 rings (SSSR count). The molecule has 0 aromatic heterocycles. The number of nitrogens with zero attached hydrogens (tertiary/aromatic N) is 1. The number of ether oxygens (including phenoxy) is 2. The number of nitrogens with two attached hydrogens (primary N) is 1. The first kappa shape index (κ1) is 26.2. The number of anilines is 1. The lowest BCUT2D eigenvalue weighted by molar-refractivity contribution is -0.135. The van der Waals surface area contributed by atoms with Crippen LogP contribution in [0.1, 0.15) is 36.3 Å². The summed E-state index contributed by atoms with van der Waals surface area (Å²) >= 11 is 0. The minimum atomic E-state index is -1.14. The number of aryl methyl sites for hydroxylation is 1. The average molecular weight is 502 g/mol. The van der Waals surface area contributed by atoms with E-state index in [2.05, 4.69) is 22.3 Å². The lowest BCUT2D eigenvalue weighted by Gasteiger charge is -2.41. The van der Waals surface area contributed by atoms with Crippen molar-refractivity contribution in [1.82, 2.24) is 4.90 Å². The molecule has 0 radical (unpaired) electrons. The molecule has 7 nitrogen and oxygen atoms in total. The van der Waals surface area contributed by atoms with E-state index in [1.165, 1.54) is 5.56 Å². The Morgan fingerprint density at radius 1 is 0.946 bits per heavy atom. The normalized spacial score (nSPS) is 18.2. The molecule has 0 aliphatic carbocycles. The smallest absolute Gasteiger partial charge is 0.239 e. The fraction of sp³-hybridized carbons (Fsp3) is 0.333. The summed E-state index contributed by atoms with van der Waals surface area (Å²) in [5, 5.41) is 3.02. The molecule has 1 aliphatic heterocycles. The summed E-state index contributed by atoms with van der Waals surface area (Å²) in [5.74, 6) is -0.173. The third kappa shape index (κ3) is 5.78. The lowest BCUT2D eigenvalue weighted by Crippen LogP contribution is -2.60. The highest BCUT2D eigenvalue weighted by atomic mass is 16.5. The van der Waals surface area contributed by atoms with Crippen LogP contribution >= 0.6 is 0 Å². The van der Waals surface area contributed by atoms with Gasteiger partial charge in [-0.05, 0) is 86.3 Å². The van der Waals surface area contributed by atoms with Crippen LogP contribution in [-0.4, -0.2) is 49.6 Å². The highest BCUT2D eigenvalue weighted by Gasteiger charge is 2.55. The van der Waals surface area contributed by atoms with Crippen molar-refractivity contribution in [2.45, 2.75) is 37.1 Å². The Labute approximate surface area is 218 Å². The Morgan fingerprint density at radius 3 is 2.16 bits per heavy atom. The molecule has 1 aliphatic rings. The number of hydrogen-bond donors (Lipinski definition) is 2. The quantitative estimate of drug-likeness (QED) is 0.407. The second kappa shape index (κ2) is 11.9. The van der Waals surface area contributed by atoms with Crippen LogP contribution in [0.3, 0.4) is 0 Å². The van der Waals surface area contributed by atoms with Crippen molar-refractivity contribution in [2.75, 3.05) is 32.6 Å². The van der Waals surface area contributed by atoms with E-state index in [0.717, 1.165) is 24.8 Å². The van der Waals surface area contributed by atoms with Crippen LogP contribution in [0.2, 0.25) is 0 Å². The average Bonchev–Trinajstić information content (AvgIpc) is 3.34. The van der Waals surface area contributed by atoms with Gasteiger partial charge in [0.05, 0.1) is 20.1 Å². The molecule has 0 spiro atoms. The van der Waals surface area contributed by atoms with E-state index in [-0.39, 0.29) is 5.91 Å². The molecule has 194 valence electrons. The van der Waals surface area contributed by atoms with Crippen LogP contribution in [0.4, 0.5) is 5.69 Å². The molecule has 1 heterocycles. The largest absolute Gasteiger partial charge is 0.497 e. The highest BCUT2D eigenvalue weighted by Crippen LogP contribution is 2.43.